The highest BCUT2D eigenvalue weighted by Gasteiger charge is 2.24. The Balaban J connectivity index is 2.19. The summed E-state index contributed by atoms with van der Waals surface area (Å²) in [4.78, 5) is 18.5. The fourth-order valence-corrected chi connectivity index (χ4v) is 4.35. The molecule has 1 aromatic heterocycles. The number of carboxylic acid groups (broad SMARTS) is 1. The molecule has 0 radical (unpaired) electrons. The maximum atomic E-state index is 11.3. The number of rotatable bonds is 5. The van der Waals surface area contributed by atoms with Crippen molar-refractivity contribution < 1.29 is 9.90 Å². The summed E-state index contributed by atoms with van der Waals surface area (Å²) in [5.74, 6) is 0.259. The molecular formula is C13H20N2O2S2. The summed E-state index contributed by atoms with van der Waals surface area (Å²) in [7, 11) is 0. The van der Waals surface area contributed by atoms with Gasteiger partial charge in [-0.05, 0) is 12.8 Å². The molecule has 1 unspecified atom stereocenters. The smallest absolute Gasteiger partial charge is 0.347 e. The van der Waals surface area contributed by atoms with Crippen LogP contribution in [0.5, 0.6) is 0 Å². The lowest BCUT2D eigenvalue weighted by molar-refractivity contribution is 0.0700. The standard InChI is InChI=1S/C13H20N2O2S2/c1-3-5-10-11(12(16)17)19-13(14-10)15-6-7-18-9(4-2)8-15/h9H,3-8H2,1-2H3,(H,16,17). The van der Waals surface area contributed by atoms with Crippen LogP contribution >= 0.6 is 23.1 Å². The Morgan fingerprint density at radius 1 is 1.53 bits per heavy atom. The van der Waals surface area contributed by atoms with Gasteiger partial charge in [0.05, 0.1) is 5.69 Å². The van der Waals surface area contributed by atoms with Crippen molar-refractivity contribution in [2.24, 2.45) is 0 Å². The van der Waals surface area contributed by atoms with E-state index in [1.54, 1.807) is 0 Å². The summed E-state index contributed by atoms with van der Waals surface area (Å²) in [5.41, 5.74) is 0.751. The van der Waals surface area contributed by atoms with E-state index in [1.165, 1.54) is 11.3 Å². The average Bonchev–Trinajstić information content (AvgIpc) is 2.83. The van der Waals surface area contributed by atoms with Crippen molar-refractivity contribution in [2.75, 3.05) is 23.7 Å². The number of carbonyl (C=O) groups is 1. The fraction of sp³-hybridized carbons (Fsp3) is 0.692. The lowest BCUT2D eigenvalue weighted by Crippen LogP contribution is -2.37. The first-order valence-electron chi connectivity index (χ1n) is 6.75. The minimum atomic E-state index is -0.842. The molecule has 6 heteroatoms. The summed E-state index contributed by atoms with van der Waals surface area (Å²) < 4.78 is 0. The molecule has 1 N–H and O–H groups in total. The van der Waals surface area contributed by atoms with E-state index in [0.29, 0.717) is 10.1 Å². The van der Waals surface area contributed by atoms with E-state index in [0.717, 1.165) is 48.9 Å². The van der Waals surface area contributed by atoms with Gasteiger partial charge in [0.25, 0.3) is 0 Å². The number of carboxylic acids is 1. The first-order chi connectivity index (χ1) is 9.15. The predicted octanol–water partition coefficient (Wildman–Crippen LogP) is 3.13. The number of aromatic nitrogens is 1. The Morgan fingerprint density at radius 3 is 2.95 bits per heavy atom. The monoisotopic (exact) mass is 300 g/mol. The van der Waals surface area contributed by atoms with Gasteiger partial charge in [-0.2, -0.15) is 11.8 Å². The van der Waals surface area contributed by atoms with Crippen LogP contribution in [0.15, 0.2) is 0 Å². The van der Waals surface area contributed by atoms with Gasteiger partial charge >= 0.3 is 5.97 Å². The third-order valence-electron chi connectivity index (χ3n) is 3.23. The highest BCUT2D eigenvalue weighted by Crippen LogP contribution is 2.31. The van der Waals surface area contributed by atoms with E-state index in [4.69, 9.17) is 0 Å². The van der Waals surface area contributed by atoms with Crippen LogP contribution in [0.25, 0.3) is 0 Å². The van der Waals surface area contributed by atoms with Crippen LogP contribution in [0, 0.1) is 0 Å². The maximum Gasteiger partial charge on any atom is 0.347 e. The number of aromatic carboxylic acids is 1. The predicted molar refractivity (Wildman–Crippen MR) is 81.8 cm³/mol. The number of hydrogen-bond donors (Lipinski definition) is 1. The zero-order chi connectivity index (χ0) is 13.8. The van der Waals surface area contributed by atoms with Gasteiger partial charge in [0.1, 0.15) is 4.88 Å². The van der Waals surface area contributed by atoms with Crippen LogP contribution in [-0.2, 0) is 6.42 Å². The van der Waals surface area contributed by atoms with E-state index >= 15 is 0 Å². The highest BCUT2D eigenvalue weighted by molar-refractivity contribution is 8.00. The van der Waals surface area contributed by atoms with Gasteiger partial charge < -0.3 is 10.0 Å². The zero-order valence-corrected chi connectivity index (χ0v) is 13.0. The Bertz CT molecular complexity index is 448. The molecule has 1 fully saturated rings. The van der Waals surface area contributed by atoms with Gasteiger partial charge in [0.15, 0.2) is 5.13 Å². The van der Waals surface area contributed by atoms with Crippen LogP contribution < -0.4 is 4.90 Å². The molecule has 0 saturated carbocycles. The van der Waals surface area contributed by atoms with Gasteiger partial charge in [0.2, 0.25) is 0 Å². The largest absolute Gasteiger partial charge is 0.477 e. The molecule has 4 nitrogen and oxygen atoms in total. The highest BCUT2D eigenvalue weighted by atomic mass is 32.2. The molecular weight excluding hydrogens is 280 g/mol. The summed E-state index contributed by atoms with van der Waals surface area (Å²) in [6, 6.07) is 0. The maximum absolute atomic E-state index is 11.3. The van der Waals surface area contributed by atoms with E-state index < -0.39 is 5.97 Å². The molecule has 1 atom stereocenters. The number of thiazole rings is 1. The number of nitrogens with zero attached hydrogens (tertiary/aromatic N) is 2. The Kier molecular flexibility index (Phi) is 5.10. The second kappa shape index (κ2) is 6.61. The molecule has 0 aliphatic carbocycles. The van der Waals surface area contributed by atoms with Gasteiger partial charge in [0, 0.05) is 24.1 Å². The van der Waals surface area contributed by atoms with Crippen LogP contribution in [-0.4, -0.2) is 40.2 Å². The molecule has 19 heavy (non-hydrogen) atoms. The first kappa shape index (κ1) is 14.7. The fourth-order valence-electron chi connectivity index (χ4n) is 2.19. The van der Waals surface area contributed by atoms with Crippen molar-refractivity contribution in [3.8, 4) is 0 Å². The first-order valence-corrected chi connectivity index (χ1v) is 8.61. The van der Waals surface area contributed by atoms with Crippen molar-refractivity contribution in [1.82, 2.24) is 4.98 Å². The van der Waals surface area contributed by atoms with Crippen molar-refractivity contribution >= 4 is 34.2 Å². The normalized spacial score (nSPS) is 19.7. The zero-order valence-electron chi connectivity index (χ0n) is 11.4. The molecule has 1 aliphatic heterocycles. The van der Waals surface area contributed by atoms with E-state index in [-0.39, 0.29) is 0 Å². The molecule has 2 rings (SSSR count). The van der Waals surface area contributed by atoms with Gasteiger partial charge in [-0.3, -0.25) is 0 Å². The Morgan fingerprint density at radius 2 is 2.32 bits per heavy atom. The van der Waals surface area contributed by atoms with Crippen molar-refractivity contribution in [1.29, 1.82) is 0 Å². The lowest BCUT2D eigenvalue weighted by atomic mass is 10.2. The molecule has 0 bridgehead atoms. The average molecular weight is 300 g/mol. The van der Waals surface area contributed by atoms with Gasteiger partial charge in [-0.15, -0.1) is 0 Å². The number of anilines is 1. The van der Waals surface area contributed by atoms with E-state index in [9.17, 15) is 9.90 Å². The van der Waals surface area contributed by atoms with E-state index in [1.807, 2.05) is 11.8 Å². The summed E-state index contributed by atoms with van der Waals surface area (Å²) in [6.07, 6.45) is 2.83. The molecule has 0 spiro atoms. The third-order valence-corrected chi connectivity index (χ3v) is 5.75. The van der Waals surface area contributed by atoms with E-state index in [2.05, 4.69) is 23.7 Å². The Labute approximate surface area is 122 Å². The molecule has 0 amide bonds. The molecule has 1 aliphatic rings. The van der Waals surface area contributed by atoms with Crippen molar-refractivity contribution in [2.45, 2.75) is 38.4 Å². The summed E-state index contributed by atoms with van der Waals surface area (Å²) >= 11 is 3.34. The molecule has 106 valence electrons. The summed E-state index contributed by atoms with van der Waals surface area (Å²) in [6.45, 7) is 6.21. The van der Waals surface area contributed by atoms with Crippen LogP contribution in [0.2, 0.25) is 0 Å². The van der Waals surface area contributed by atoms with Crippen molar-refractivity contribution in [3.05, 3.63) is 10.6 Å². The SMILES string of the molecule is CCCc1nc(N2CCSC(CC)C2)sc1C(=O)O. The van der Waals surface area contributed by atoms with Crippen LogP contribution in [0.4, 0.5) is 5.13 Å². The van der Waals surface area contributed by atoms with Crippen LogP contribution in [0.1, 0.15) is 42.1 Å². The topological polar surface area (TPSA) is 53.4 Å². The molecule has 1 aromatic rings. The third kappa shape index (κ3) is 3.42. The lowest BCUT2D eigenvalue weighted by Gasteiger charge is -2.31. The quantitative estimate of drug-likeness (QED) is 0.905. The van der Waals surface area contributed by atoms with Crippen LogP contribution in [0.3, 0.4) is 0 Å². The minimum absolute atomic E-state index is 0.420. The molecule has 1 saturated heterocycles. The number of thioether (sulfide) groups is 1. The number of aryl methyl sites for hydroxylation is 1. The second-order valence-electron chi connectivity index (χ2n) is 4.67. The van der Waals surface area contributed by atoms with Gasteiger partial charge in [-0.25, -0.2) is 9.78 Å². The van der Waals surface area contributed by atoms with Crippen molar-refractivity contribution in [3.63, 3.8) is 0 Å². The molecule has 0 aromatic carbocycles. The summed E-state index contributed by atoms with van der Waals surface area (Å²) in [5, 5.41) is 10.8. The minimum Gasteiger partial charge on any atom is -0.477 e. The van der Waals surface area contributed by atoms with Gasteiger partial charge in [-0.1, -0.05) is 31.6 Å². The molecule has 2 heterocycles. The number of hydrogen-bond acceptors (Lipinski definition) is 5. The Hall–Kier alpha value is -0.750. The second-order valence-corrected chi connectivity index (χ2v) is 7.06.